The molecule has 0 atom stereocenters. The van der Waals surface area contributed by atoms with Crippen LogP contribution in [-0.4, -0.2) is 38.1 Å². The van der Waals surface area contributed by atoms with Crippen LogP contribution in [-0.2, 0) is 6.54 Å². The highest BCUT2D eigenvalue weighted by molar-refractivity contribution is 14.0. The summed E-state index contributed by atoms with van der Waals surface area (Å²) >= 11 is 0. The SMILES string of the molecule is CCNC(=NCc1cccc(N(C)C)n1)NCC(C)C.I. The summed E-state index contributed by atoms with van der Waals surface area (Å²) in [7, 11) is 3.98. The average Bonchev–Trinajstić information content (AvgIpc) is 2.42. The number of anilines is 1. The largest absolute Gasteiger partial charge is 0.363 e. The van der Waals surface area contributed by atoms with Gasteiger partial charge in [-0.15, -0.1) is 24.0 Å². The van der Waals surface area contributed by atoms with Gasteiger partial charge in [-0.3, -0.25) is 0 Å². The zero-order chi connectivity index (χ0) is 15.0. The molecule has 0 aliphatic heterocycles. The fourth-order valence-electron chi connectivity index (χ4n) is 1.61. The second kappa shape index (κ2) is 10.6. The fraction of sp³-hybridized carbons (Fsp3) is 0.600. The highest BCUT2D eigenvalue weighted by atomic mass is 127. The Morgan fingerprint density at radius 3 is 2.57 bits per heavy atom. The molecule has 0 aliphatic rings. The molecule has 1 aromatic rings. The first-order chi connectivity index (χ1) is 9.52. The van der Waals surface area contributed by atoms with E-state index in [4.69, 9.17) is 0 Å². The molecule has 0 aliphatic carbocycles. The molecule has 0 amide bonds. The van der Waals surface area contributed by atoms with Gasteiger partial charge in [0.05, 0.1) is 12.2 Å². The standard InChI is InChI=1S/C15H27N5.HI/c1-6-16-15(17-10-12(2)3)18-11-13-8-7-9-14(19-13)20(4)5;/h7-9,12H,6,10-11H2,1-5H3,(H2,16,17,18);1H. The second-order valence-electron chi connectivity index (χ2n) is 5.35. The van der Waals surface area contributed by atoms with E-state index >= 15 is 0 Å². The van der Waals surface area contributed by atoms with Crippen LogP contribution in [0.3, 0.4) is 0 Å². The monoisotopic (exact) mass is 405 g/mol. The number of aromatic nitrogens is 1. The first-order valence-electron chi connectivity index (χ1n) is 7.18. The maximum atomic E-state index is 4.57. The summed E-state index contributed by atoms with van der Waals surface area (Å²) < 4.78 is 0. The van der Waals surface area contributed by atoms with Gasteiger partial charge in [-0.1, -0.05) is 19.9 Å². The predicted molar refractivity (Wildman–Crippen MR) is 102 cm³/mol. The van der Waals surface area contributed by atoms with Crippen molar-refractivity contribution in [1.82, 2.24) is 15.6 Å². The lowest BCUT2D eigenvalue weighted by atomic mass is 10.2. The van der Waals surface area contributed by atoms with Crippen LogP contribution in [0.5, 0.6) is 0 Å². The zero-order valence-electron chi connectivity index (χ0n) is 13.7. The smallest absolute Gasteiger partial charge is 0.191 e. The summed E-state index contributed by atoms with van der Waals surface area (Å²) in [4.78, 5) is 11.1. The van der Waals surface area contributed by atoms with Crippen LogP contribution >= 0.6 is 24.0 Å². The Kier molecular flexibility index (Phi) is 10.1. The summed E-state index contributed by atoms with van der Waals surface area (Å²) in [6.45, 7) is 8.77. The molecular formula is C15H28IN5. The molecule has 21 heavy (non-hydrogen) atoms. The lowest BCUT2D eigenvalue weighted by Gasteiger charge is -2.14. The van der Waals surface area contributed by atoms with Crippen molar-refractivity contribution in [1.29, 1.82) is 0 Å². The van der Waals surface area contributed by atoms with E-state index in [1.54, 1.807) is 0 Å². The molecule has 5 nitrogen and oxygen atoms in total. The lowest BCUT2D eigenvalue weighted by molar-refractivity contribution is 0.614. The van der Waals surface area contributed by atoms with Gasteiger partial charge in [0.25, 0.3) is 0 Å². The molecule has 0 radical (unpaired) electrons. The number of halogens is 1. The van der Waals surface area contributed by atoms with Gasteiger partial charge in [-0.25, -0.2) is 9.98 Å². The van der Waals surface area contributed by atoms with Crippen molar-refractivity contribution in [2.45, 2.75) is 27.3 Å². The van der Waals surface area contributed by atoms with Gasteiger partial charge in [-0.05, 0) is 25.0 Å². The van der Waals surface area contributed by atoms with E-state index in [2.05, 4.69) is 41.4 Å². The number of nitrogens with zero attached hydrogens (tertiary/aromatic N) is 3. The Morgan fingerprint density at radius 2 is 2.00 bits per heavy atom. The molecule has 0 bridgehead atoms. The molecule has 0 saturated heterocycles. The van der Waals surface area contributed by atoms with Crippen LogP contribution in [0.15, 0.2) is 23.2 Å². The third-order valence-electron chi connectivity index (χ3n) is 2.67. The van der Waals surface area contributed by atoms with Crippen LogP contribution in [0.4, 0.5) is 5.82 Å². The van der Waals surface area contributed by atoms with Gasteiger partial charge in [0.1, 0.15) is 5.82 Å². The Labute approximate surface area is 145 Å². The molecule has 0 unspecified atom stereocenters. The summed E-state index contributed by atoms with van der Waals surface area (Å²) in [5.41, 5.74) is 0.970. The number of hydrogen-bond donors (Lipinski definition) is 2. The topological polar surface area (TPSA) is 52.6 Å². The summed E-state index contributed by atoms with van der Waals surface area (Å²) in [5, 5.41) is 6.57. The molecule has 1 aromatic heterocycles. The van der Waals surface area contributed by atoms with Crippen molar-refractivity contribution < 1.29 is 0 Å². The van der Waals surface area contributed by atoms with Crippen molar-refractivity contribution in [3.8, 4) is 0 Å². The molecule has 2 N–H and O–H groups in total. The predicted octanol–water partition coefficient (Wildman–Crippen LogP) is 2.48. The van der Waals surface area contributed by atoms with Crippen LogP contribution in [0, 0.1) is 5.92 Å². The van der Waals surface area contributed by atoms with Gasteiger partial charge < -0.3 is 15.5 Å². The van der Waals surface area contributed by atoms with Crippen LogP contribution in [0.1, 0.15) is 26.5 Å². The molecule has 0 saturated carbocycles. The summed E-state index contributed by atoms with van der Waals surface area (Å²) in [5.74, 6) is 2.39. The Hall–Kier alpha value is -1.05. The van der Waals surface area contributed by atoms with Gasteiger partial charge in [-0.2, -0.15) is 0 Å². The number of pyridine rings is 1. The molecule has 0 spiro atoms. The molecule has 1 rings (SSSR count). The summed E-state index contributed by atoms with van der Waals surface area (Å²) in [6, 6.07) is 6.01. The lowest BCUT2D eigenvalue weighted by Crippen LogP contribution is -2.39. The van der Waals surface area contributed by atoms with E-state index in [9.17, 15) is 0 Å². The third-order valence-corrected chi connectivity index (χ3v) is 2.67. The molecule has 0 aromatic carbocycles. The Balaban J connectivity index is 0.00000400. The normalized spacial score (nSPS) is 11.0. The Morgan fingerprint density at radius 1 is 1.29 bits per heavy atom. The molecule has 120 valence electrons. The first kappa shape index (κ1) is 19.9. The van der Waals surface area contributed by atoms with E-state index in [0.717, 1.165) is 30.6 Å². The van der Waals surface area contributed by atoms with Crippen LogP contribution < -0.4 is 15.5 Å². The van der Waals surface area contributed by atoms with Crippen molar-refractivity contribution in [3.63, 3.8) is 0 Å². The number of hydrogen-bond acceptors (Lipinski definition) is 3. The van der Waals surface area contributed by atoms with E-state index in [0.29, 0.717) is 12.5 Å². The number of guanidine groups is 1. The van der Waals surface area contributed by atoms with E-state index in [-0.39, 0.29) is 24.0 Å². The molecule has 0 fully saturated rings. The molecular weight excluding hydrogens is 377 g/mol. The van der Waals surface area contributed by atoms with Gasteiger partial charge in [0.2, 0.25) is 0 Å². The number of nitrogens with one attached hydrogen (secondary N) is 2. The summed E-state index contributed by atoms with van der Waals surface area (Å²) in [6.07, 6.45) is 0. The van der Waals surface area contributed by atoms with Crippen molar-refractivity contribution in [2.24, 2.45) is 10.9 Å². The molecule has 6 heteroatoms. The van der Waals surface area contributed by atoms with E-state index in [1.165, 1.54) is 0 Å². The average molecular weight is 405 g/mol. The first-order valence-corrected chi connectivity index (χ1v) is 7.18. The minimum Gasteiger partial charge on any atom is -0.363 e. The van der Waals surface area contributed by atoms with E-state index < -0.39 is 0 Å². The van der Waals surface area contributed by atoms with Crippen LogP contribution in [0.25, 0.3) is 0 Å². The minimum atomic E-state index is 0. The fourth-order valence-corrected chi connectivity index (χ4v) is 1.61. The molecule has 1 heterocycles. The second-order valence-corrected chi connectivity index (χ2v) is 5.35. The maximum absolute atomic E-state index is 4.57. The van der Waals surface area contributed by atoms with Crippen molar-refractivity contribution in [2.75, 3.05) is 32.1 Å². The van der Waals surface area contributed by atoms with E-state index in [1.807, 2.05) is 37.2 Å². The van der Waals surface area contributed by atoms with Crippen molar-refractivity contribution in [3.05, 3.63) is 23.9 Å². The zero-order valence-corrected chi connectivity index (χ0v) is 16.0. The van der Waals surface area contributed by atoms with Crippen molar-refractivity contribution >= 4 is 35.8 Å². The highest BCUT2D eigenvalue weighted by Crippen LogP contribution is 2.08. The highest BCUT2D eigenvalue weighted by Gasteiger charge is 2.01. The third kappa shape index (κ3) is 8.08. The Bertz CT molecular complexity index is 432. The van der Waals surface area contributed by atoms with Gasteiger partial charge in [0.15, 0.2) is 5.96 Å². The quantitative estimate of drug-likeness (QED) is 0.434. The van der Waals surface area contributed by atoms with Gasteiger partial charge in [0, 0.05) is 27.2 Å². The number of aliphatic imine (C=N–C) groups is 1. The van der Waals surface area contributed by atoms with Gasteiger partial charge >= 0.3 is 0 Å². The minimum absolute atomic E-state index is 0. The number of rotatable bonds is 6. The van der Waals surface area contributed by atoms with Crippen LogP contribution in [0.2, 0.25) is 0 Å². The maximum Gasteiger partial charge on any atom is 0.191 e.